The molecule has 0 radical (unpaired) electrons. The molecule has 0 saturated carbocycles. The maximum Gasteiger partial charge on any atom is 0.205 e. The van der Waals surface area contributed by atoms with Gasteiger partial charge in [-0.15, -0.1) is 10.2 Å². The van der Waals surface area contributed by atoms with Crippen molar-refractivity contribution in [1.82, 2.24) is 30.2 Å². The van der Waals surface area contributed by atoms with E-state index in [-0.39, 0.29) is 0 Å². The first-order chi connectivity index (χ1) is 15.6. The fraction of sp³-hybridized carbons (Fsp3) is 0.360. The number of aromatic nitrogens is 6. The van der Waals surface area contributed by atoms with E-state index in [4.69, 9.17) is 16.6 Å². The van der Waals surface area contributed by atoms with Gasteiger partial charge in [-0.3, -0.25) is 0 Å². The van der Waals surface area contributed by atoms with Crippen molar-refractivity contribution in [2.24, 2.45) is 5.92 Å². The maximum atomic E-state index is 6.56. The van der Waals surface area contributed by atoms with Crippen LogP contribution in [0, 0.1) is 5.92 Å². The molecule has 2 aromatic heterocycles. The monoisotopic (exact) mass is 448 g/mol. The third-order valence-electron chi connectivity index (χ3n) is 5.58. The third kappa shape index (κ3) is 4.91. The van der Waals surface area contributed by atoms with Crippen LogP contribution in [0.15, 0.2) is 48.5 Å². The Morgan fingerprint density at radius 3 is 2.44 bits per heavy atom. The summed E-state index contributed by atoms with van der Waals surface area (Å²) in [4.78, 5) is 4.71. The van der Waals surface area contributed by atoms with E-state index in [1.54, 1.807) is 0 Å². The van der Waals surface area contributed by atoms with Gasteiger partial charge >= 0.3 is 0 Å². The summed E-state index contributed by atoms with van der Waals surface area (Å²) in [5.74, 6) is 2.20. The minimum Gasteiger partial charge on any atom is -0.326 e. The van der Waals surface area contributed by atoms with E-state index >= 15 is 0 Å². The van der Waals surface area contributed by atoms with Crippen LogP contribution < -0.4 is 0 Å². The molecule has 7 heteroatoms. The molecule has 1 N–H and O–H groups in total. The van der Waals surface area contributed by atoms with Crippen LogP contribution in [0.5, 0.6) is 0 Å². The van der Waals surface area contributed by atoms with E-state index in [9.17, 15) is 0 Å². The highest BCUT2D eigenvalue weighted by atomic mass is 35.5. The number of nitrogens with one attached hydrogen (secondary N) is 1. The van der Waals surface area contributed by atoms with Gasteiger partial charge < -0.3 is 4.57 Å². The molecule has 0 saturated heterocycles. The molecule has 0 amide bonds. The van der Waals surface area contributed by atoms with Crippen molar-refractivity contribution in [3.8, 4) is 22.5 Å². The van der Waals surface area contributed by atoms with Gasteiger partial charge in [0.05, 0.1) is 5.69 Å². The largest absolute Gasteiger partial charge is 0.326 e. The normalized spacial score (nSPS) is 11.4. The molecular formula is C25H29ClN6. The number of halogens is 1. The number of unbranched alkanes of at least 4 members (excludes halogenated alkanes) is 1. The van der Waals surface area contributed by atoms with Crippen LogP contribution in [0.25, 0.3) is 22.5 Å². The molecule has 6 nitrogen and oxygen atoms in total. The fourth-order valence-electron chi connectivity index (χ4n) is 3.98. The van der Waals surface area contributed by atoms with Gasteiger partial charge in [0.15, 0.2) is 5.15 Å². The number of H-pyrrole nitrogens is 1. The van der Waals surface area contributed by atoms with Crippen molar-refractivity contribution in [3.05, 3.63) is 70.8 Å². The molecule has 0 spiro atoms. The van der Waals surface area contributed by atoms with E-state index in [1.807, 2.05) is 18.2 Å². The number of tetrazole rings is 1. The average molecular weight is 449 g/mol. The standard InChI is InChI=1S/C25H29ClN6/c1-4-5-10-23-27-24(26)22(15-17(2)3)32(23)16-18-11-13-19(14-12-18)20-8-6-7-9-21(20)25-28-30-31-29-25/h6-9,11-14,17H,4-5,10,15-16H2,1-3H3,(H,28,29,30,31). The summed E-state index contributed by atoms with van der Waals surface area (Å²) in [5.41, 5.74) is 5.51. The summed E-state index contributed by atoms with van der Waals surface area (Å²) in [6.07, 6.45) is 4.12. The predicted molar refractivity (Wildman–Crippen MR) is 129 cm³/mol. The van der Waals surface area contributed by atoms with E-state index in [2.05, 4.69) is 76.3 Å². The minimum absolute atomic E-state index is 0.519. The number of rotatable bonds is 9. The second-order valence-corrected chi connectivity index (χ2v) is 8.89. The summed E-state index contributed by atoms with van der Waals surface area (Å²) in [5, 5.41) is 15.2. The first kappa shape index (κ1) is 22.2. The van der Waals surface area contributed by atoms with Crippen molar-refractivity contribution in [2.75, 3.05) is 0 Å². The molecule has 0 atom stereocenters. The lowest BCUT2D eigenvalue weighted by Gasteiger charge is -2.14. The summed E-state index contributed by atoms with van der Waals surface area (Å²) in [7, 11) is 0. The molecule has 166 valence electrons. The molecule has 2 aromatic carbocycles. The molecule has 4 aromatic rings. The highest BCUT2D eigenvalue weighted by molar-refractivity contribution is 6.30. The Bertz CT molecular complexity index is 1150. The van der Waals surface area contributed by atoms with Crippen LogP contribution in [-0.4, -0.2) is 30.2 Å². The molecule has 0 unspecified atom stereocenters. The van der Waals surface area contributed by atoms with Gasteiger partial charge in [-0.25, -0.2) is 4.98 Å². The Morgan fingerprint density at radius 1 is 1.03 bits per heavy atom. The number of aryl methyl sites for hydroxylation is 1. The summed E-state index contributed by atoms with van der Waals surface area (Å²) in [6.45, 7) is 7.41. The van der Waals surface area contributed by atoms with Gasteiger partial charge in [0, 0.05) is 18.5 Å². The average Bonchev–Trinajstić information content (AvgIpc) is 3.42. The molecular weight excluding hydrogens is 420 g/mol. The number of hydrogen-bond acceptors (Lipinski definition) is 4. The second kappa shape index (κ2) is 10.1. The van der Waals surface area contributed by atoms with Crippen LogP contribution in [0.2, 0.25) is 5.15 Å². The Kier molecular flexibility index (Phi) is 7.00. The van der Waals surface area contributed by atoms with Gasteiger partial charge in [0.2, 0.25) is 5.82 Å². The van der Waals surface area contributed by atoms with Crippen molar-refractivity contribution in [3.63, 3.8) is 0 Å². The SMILES string of the molecule is CCCCc1nc(Cl)c(CC(C)C)n1Cc1ccc(-c2ccccc2-c2nn[nH]n2)cc1. The number of benzene rings is 2. The number of imidazole rings is 1. The molecule has 0 aliphatic rings. The van der Waals surface area contributed by atoms with Crippen LogP contribution in [0.4, 0.5) is 0 Å². The highest BCUT2D eigenvalue weighted by Crippen LogP contribution is 2.30. The Morgan fingerprint density at radius 2 is 1.78 bits per heavy atom. The number of nitrogens with zero attached hydrogens (tertiary/aromatic N) is 5. The zero-order chi connectivity index (χ0) is 22.5. The first-order valence-corrected chi connectivity index (χ1v) is 11.6. The predicted octanol–water partition coefficient (Wildman–Crippen LogP) is 5.97. The van der Waals surface area contributed by atoms with Gasteiger partial charge in [0.25, 0.3) is 0 Å². The molecule has 32 heavy (non-hydrogen) atoms. The quantitative estimate of drug-likeness (QED) is 0.342. The summed E-state index contributed by atoms with van der Waals surface area (Å²) >= 11 is 6.56. The van der Waals surface area contributed by atoms with E-state index < -0.39 is 0 Å². The number of aromatic amines is 1. The molecule has 0 aliphatic heterocycles. The van der Waals surface area contributed by atoms with E-state index in [0.717, 1.165) is 60.4 Å². The summed E-state index contributed by atoms with van der Waals surface area (Å²) < 4.78 is 2.32. The van der Waals surface area contributed by atoms with Crippen LogP contribution in [-0.2, 0) is 19.4 Å². The topological polar surface area (TPSA) is 72.3 Å². The van der Waals surface area contributed by atoms with Crippen molar-refractivity contribution in [1.29, 1.82) is 0 Å². The van der Waals surface area contributed by atoms with E-state index in [1.165, 1.54) is 5.56 Å². The second-order valence-electron chi connectivity index (χ2n) is 8.53. The summed E-state index contributed by atoms with van der Waals surface area (Å²) in [6, 6.07) is 16.8. The van der Waals surface area contributed by atoms with Gasteiger partial charge in [-0.05, 0) is 40.7 Å². The van der Waals surface area contributed by atoms with Crippen molar-refractivity contribution in [2.45, 2.75) is 53.0 Å². The Balaban J connectivity index is 1.63. The molecule has 2 heterocycles. The maximum absolute atomic E-state index is 6.56. The molecule has 0 aliphatic carbocycles. The van der Waals surface area contributed by atoms with Crippen LogP contribution in [0.1, 0.15) is 50.7 Å². The van der Waals surface area contributed by atoms with Crippen LogP contribution in [0.3, 0.4) is 0 Å². The lowest BCUT2D eigenvalue weighted by molar-refractivity contribution is 0.588. The van der Waals surface area contributed by atoms with Crippen LogP contribution >= 0.6 is 11.6 Å². The zero-order valence-corrected chi connectivity index (χ0v) is 19.6. The molecule has 0 bridgehead atoms. The van der Waals surface area contributed by atoms with E-state index in [0.29, 0.717) is 16.9 Å². The zero-order valence-electron chi connectivity index (χ0n) is 18.8. The fourth-order valence-corrected chi connectivity index (χ4v) is 4.25. The lowest BCUT2D eigenvalue weighted by Crippen LogP contribution is -2.11. The van der Waals surface area contributed by atoms with Gasteiger partial charge in [-0.2, -0.15) is 5.21 Å². The number of hydrogen-bond donors (Lipinski definition) is 1. The molecule has 4 rings (SSSR count). The van der Waals surface area contributed by atoms with Gasteiger partial charge in [0.1, 0.15) is 5.82 Å². The first-order valence-electron chi connectivity index (χ1n) is 11.2. The molecule has 0 fully saturated rings. The van der Waals surface area contributed by atoms with Crippen molar-refractivity contribution < 1.29 is 0 Å². The van der Waals surface area contributed by atoms with Gasteiger partial charge in [-0.1, -0.05) is 87.3 Å². The third-order valence-corrected chi connectivity index (χ3v) is 5.88. The lowest BCUT2D eigenvalue weighted by atomic mass is 9.98. The highest BCUT2D eigenvalue weighted by Gasteiger charge is 2.17. The Hall–Kier alpha value is -2.99. The van der Waals surface area contributed by atoms with Crippen molar-refractivity contribution >= 4 is 11.6 Å². The minimum atomic E-state index is 0.519. The smallest absolute Gasteiger partial charge is 0.205 e. The Labute approximate surface area is 194 Å².